The SMILES string of the molecule is CCSC1CCC(NCC(=O)OC)C1. The Hall–Kier alpha value is -0.220. The molecule has 2 atom stereocenters. The van der Waals surface area contributed by atoms with E-state index in [1.165, 1.54) is 32.1 Å². The molecule has 0 aromatic rings. The summed E-state index contributed by atoms with van der Waals surface area (Å²) >= 11 is 2.03. The molecule has 82 valence electrons. The van der Waals surface area contributed by atoms with Crippen molar-refractivity contribution in [2.24, 2.45) is 0 Å². The van der Waals surface area contributed by atoms with Crippen LogP contribution in [0.15, 0.2) is 0 Å². The molecule has 0 amide bonds. The molecule has 1 aliphatic rings. The van der Waals surface area contributed by atoms with E-state index in [1.54, 1.807) is 0 Å². The normalized spacial score (nSPS) is 26.4. The molecule has 14 heavy (non-hydrogen) atoms. The maximum Gasteiger partial charge on any atom is 0.319 e. The van der Waals surface area contributed by atoms with Crippen molar-refractivity contribution in [3.63, 3.8) is 0 Å². The Kier molecular flexibility index (Phi) is 5.33. The fourth-order valence-electron chi connectivity index (χ4n) is 1.81. The van der Waals surface area contributed by atoms with Crippen LogP contribution in [0, 0.1) is 0 Å². The Morgan fingerprint density at radius 2 is 2.36 bits per heavy atom. The van der Waals surface area contributed by atoms with Gasteiger partial charge in [-0.1, -0.05) is 6.92 Å². The molecule has 0 spiro atoms. The van der Waals surface area contributed by atoms with Crippen LogP contribution in [0.4, 0.5) is 0 Å². The summed E-state index contributed by atoms with van der Waals surface area (Å²) in [5.41, 5.74) is 0. The Bertz CT molecular complexity index is 187. The minimum atomic E-state index is -0.170. The fraction of sp³-hybridized carbons (Fsp3) is 0.900. The van der Waals surface area contributed by atoms with Gasteiger partial charge in [0.05, 0.1) is 13.7 Å². The zero-order valence-electron chi connectivity index (χ0n) is 8.91. The van der Waals surface area contributed by atoms with E-state index in [0.717, 1.165) is 5.25 Å². The first-order valence-electron chi connectivity index (χ1n) is 5.18. The lowest BCUT2D eigenvalue weighted by molar-refractivity contribution is -0.139. The number of rotatable bonds is 5. The first kappa shape index (κ1) is 11.9. The minimum absolute atomic E-state index is 0.170. The molecule has 0 aliphatic heterocycles. The summed E-state index contributed by atoms with van der Waals surface area (Å²) < 4.78 is 4.58. The van der Waals surface area contributed by atoms with Crippen molar-refractivity contribution < 1.29 is 9.53 Å². The first-order valence-corrected chi connectivity index (χ1v) is 6.23. The molecular weight excluding hydrogens is 198 g/mol. The molecule has 4 heteroatoms. The number of ether oxygens (including phenoxy) is 1. The highest BCUT2D eigenvalue weighted by Crippen LogP contribution is 2.29. The maximum atomic E-state index is 10.9. The van der Waals surface area contributed by atoms with Gasteiger partial charge in [-0.15, -0.1) is 0 Å². The molecule has 0 heterocycles. The lowest BCUT2D eigenvalue weighted by atomic mass is 10.2. The van der Waals surface area contributed by atoms with Crippen molar-refractivity contribution in [2.45, 2.75) is 37.5 Å². The average molecular weight is 217 g/mol. The van der Waals surface area contributed by atoms with Gasteiger partial charge in [0.25, 0.3) is 0 Å². The van der Waals surface area contributed by atoms with E-state index in [4.69, 9.17) is 0 Å². The molecule has 0 radical (unpaired) electrons. The van der Waals surface area contributed by atoms with Crippen LogP contribution < -0.4 is 5.32 Å². The fourth-order valence-corrected chi connectivity index (χ4v) is 2.95. The molecule has 1 N–H and O–H groups in total. The summed E-state index contributed by atoms with van der Waals surface area (Å²) in [6, 6.07) is 0.512. The molecule has 0 bridgehead atoms. The Labute approximate surface area is 90.0 Å². The van der Waals surface area contributed by atoms with Crippen LogP contribution in [0.1, 0.15) is 26.2 Å². The third-order valence-corrected chi connectivity index (χ3v) is 3.78. The molecule has 3 nitrogen and oxygen atoms in total. The summed E-state index contributed by atoms with van der Waals surface area (Å²) in [7, 11) is 1.43. The third kappa shape index (κ3) is 3.88. The zero-order valence-corrected chi connectivity index (χ0v) is 9.73. The molecule has 1 fully saturated rings. The van der Waals surface area contributed by atoms with E-state index in [-0.39, 0.29) is 5.97 Å². The number of carbonyl (C=O) groups is 1. The van der Waals surface area contributed by atoms with Gasteiger partial charge in [0.2, 0.25) is 0 Å². The van der Waals surface area contributed by atoms with Gasteiger partial charge in [0.1, 0.15) is 0 Å². The molecule has 0 saturated heterocycles. The smallest absolute Gasteiger partial charge is 0.319 e. The van der Waals surface area contributed by atoms with E-state index in [2.05, 4.69) is 17.0 Å². The van der Waals surface area contributed by atoms with Gasteiger partial charge >= 0.3 is 5.97 Å². The van der Waals surface area contributed by atoms with Gasteiger partial charge in [-0.2, -0.15) is 11.8 Å². The van der Waals surface area contributed by atoms with Crippen LogP contribution >= 0.6 is 11.8 Å². The monoisotopic (exact) mass is 217 g/mol. The Balaban J connectivity index is 2.13. The van der Waals surface area contributed by atoms with E-state index in [9.17, 15) is 4.79 Å². The highest BCUT2D eigenvalue weighted by atomic mass is 32.2. The summed E-state index contributed by atoms with van der Waals surface area (Å²) in [5.74, 6) is 1.02. The topological polar surface area (TPSA) is 38.3 Å². The molecular formula is C10H19NO2S. The van der Waals surface area contributed by atoms with Crippen molar-refractivity contribution in [3.8, 4) is 0 Å². The number of methoxy groups -OCH3 is 1. The third-order valence-electron chi connectivity index (χ3n) is 2.55. The maximum absolute atomic E-state index is 10.9. The highest BCUT2D eigenvalue weighted by Gasteiger charge is 2.24. The average Bonchev–Trinajstić information content (AvgIpc) is 2.63. The quantitative estimate of drug-likeness (QED) is 0.707. The summed E-state index contributed by atoms with van der Waals surface area (Å²) in [4.78, 5) is 10.9. The first-order chi connectivity index (χ1) is 6.76. The minimum Gasteiger partial charge on any atom is -0.468 e. The number of hydrogen-bond acceptors (Lipinski definition) is 4. The van der Waals surface area contributed by atoms with E-state index >= 15 is 0 Å². The number of carbonyl (C=O) groups excluding carboxylic acids is 1. The predicted molar refractivity (Wildman–Crippen MR) is 59.6 cm³/mol. The summed E-state index contributed by atoms with van der Waals surface area (Å²) in [6.45, 7) is 2.55. The van der Waals surface area contributed by atoms with Crippen molar-refractivity contribution in [1.82, 2.24) is 5.32 Å². The second kappa shape index (κ2) is 6.30. The van der Waals surface area contributed by atoms with Gasteiger partial charge < -0.3 is 10.1 Å². The van der Waals surface area contributed by atoms with Crippen molar-refractivity contribution in [2.75, 3.05) is 19.4 Å². The van der Waals surface area contributed by atoms with Crippen LogP contribution in [-0.2, 0) is 9.53 Å². The molecule has 2 unspecified atom stereocenters. The van der Waals surface area contributed by atoms with Gasteiger partial charge in [-0.3, -0.25) is 4.79 Å². The van der Waals surface area contributed by atoms with Crippen LogP contribution in [0.2, 0.25) is 0 Å². The van der Waals surface area contributed by atoms with Crippen molar-refractivity contribution in [1.29, 1.82) is 0 Å². The van der Waals surface area contributed by atoms with Crippen LogP contribution in [0.5, 0.6) is 0 Å². The number of hydrogen-bond donors (Lipinski definition) is 1. The number of nitrogens with one attached hydrogen (secondary N) is 1. The molecule has 0 aromatic carbocycles. The summed E-state index contributed by atoms with van der Waals surface area (Å²) in [5, 5.41) is 4.02. The van der Waals surface area contributed by atoms with Crippen LogP contribution in [0.3, 0.4) is 0 Å². The van der Waals surface area contributed by atoms with Gasteiger partial charge in [-0.25, -0.2) is 0 Å². The van der Waals surface area contributed by atoms with Crippen molar-refractivity contribution >= 4 is 17.7 Å². The zero-order chi connectivity index (χ0) is 10.4. The molecule has 1 saturated carbocycles. The molecule has 0 aromatic heterocycles. The number of thioether (sulfide) groups is 1. The van der Waals surface area contributed by atoms with E-state index in [0.29, 0.717) is 12.6 Å². The van der Waals surface area contributed by atoms with Gasteiger partial charge in [0, 0.05) is 11.3 Å². The highest BCUT2D eigenvalue weighted by molar-refractivity contribution is 7.99. The molecule has 1 rings (SSSR count). The van der Waals surface area contributed by atoms with Crippen molar-refractivity contribution in [3.05, 3.63) is 0 Å². The van der Waals surface area contributed by atoms with Crippen LogP contribution in [-0.4, -0.2) is 36.7 Å². The number of esters is 1. The molecule has 1 aliphatic carbocycles. The van der Waals surface area contributed by atoms with Crippen LogP contribution in [0.25, 0.3) is 0 Å². The van der Waals surface area contributed by atoms with Gasteiger partial charge in [-0.05, 0) is 25.0 Å². The van der Waals surface area contributed by atoms with Gasteiger partial charge in [0.15, 0.2) is 0 Å². The predicted octanol–water partition coefficient (Wildman–Crippen LogP) is 1.42. The second-order valence-corrected chi connectivity index (χ2v) is 5.12. The Morgan fingerprint density at radius 1 is 1.57 bits per heavy atom. The largest absolute Gasteiger partial charge is 0.468 e. The van der Waals surface area contributed by atoms with E-state index in [1.807, 2.05) is 11.8 Å². The van der Waals surface area contributed by atoms with E-state index < -0.39 is 0 Å². The summed E-state index contributed by atoms with van der Waals surface area (Å²) in [6.07, 6.45) is 3.65. The standard InChI is InChI=1S/C10H19NO2S/c1-3-14-9-5-4-8(6-9)11-7-10(12)13-2/h8-9,11H,3-7H2,1-2H3. The lowest BCUT2D eigenvalue weighted by Crippen LogP contribution is -2.32. The Morgan fingerprint density at radius 3 is 3.00 bits per heavy atom. The lowest BCUT2D eigenvalue weighted by Gasteiger charge is -2.11. The second-order valence-electron chi connectivity index (χ2n) is 3.54.